The van der Waals surface area contributed by atoms with Gasteiger partial charge in [0.15, 0.2) is 0 Å². The lowest BCUT2D eigenvalue weighted by Gasteiger charge is -2.13. The van der Waals surface area contributed by atoms with Crippen LogP contribution in [-0.4, -0.2) is 33.4 Å². The Labute approximate surface area is 109 Å². The molecule has 3 N–H and O–H groups in total. The Morgan fingerprint density at radius 3 is 2.53 bits per heavy atom. The number of aliphatic carboxylic acids is 1. The van der Waals surface area contributed by atoms with Crippen LogP contribution in [0.4, 0.5) is 0 Å². The summed E-state index contributed by atoms with van der Waals surface area (Å²) < 4.78 is 5.23. The maximum absolute atomic E-state index is 10.8. The van der Waals surface area contributed by atoms with Gasteiger partial charge < -0.3 is 20.1 Å². The number of hydrogen-bond donors (Lipinski definition) is 3. The molecule has 1 aromatic carbocycles. The lowest BCUT2D eigenvalue weighted by atomic mass is 10.1. The molecule has 1 rings (SSSR count). The summed E-state index contributed by atoms with van der Waals surface area (Å²) in [5.74, 6) is -2.40. The van der Waals surface area contributed by atoms with E-state index in [0.717, 1.165) is 0 Å². The third-order valence-electron chi connectivity index (χ3n) is 2.58. The zero-order valence-electron chi connectivity index (χ0n) is 10.3. The lowest BCUT2D eigenvalue weighted by Crippen LogP contribution is -2.17. The molecule has 0 aliphatic heterocycles. The molecule has 102 valence electrons. The number of phenolic OH excluding ortho intramolecular Hbond substituents is 1. The molecule has 19 heavy (non-hydrogen) atoms. The van der Waals surface area contributed by atoms with Crippen LogP contribution in [0.5, 0.6) is 5.75 Å². The molecule has 1 aromatic rings. The SMILES string of the molecule is C=C(C(=O)O)C(C)OCc1cc(C(=O)O)ccc1O. The minimum atomic E-state index is -1.17. The van der Waals surface area contributed by atoms with Crippen molar-refractivity contribution in [1.29, 1.82) is 0 Å². The normalized spacial score (nSPS) is 11.8. The molecule has 0 fully saturated rings. The Kier molecular flexibility index (Phi) is 4.66. The van der Waals surface area contributed by atoms with E-state index in [0.29, 0.717) is 0 Å². The molecule has 0 aromatic heterocycles. The van der Waals surface area contributed by atoms with Crippen molar-refractivity contribution in [1.82, 2.24) is 0 Å². The van der Waals surface area contributed by atoms with Crippen LogP contribution in [0.3, 0.4) is 0 Å². The topological polar surface area (TPSA) is 104 Å². The molecule has 0 spiro atoms. The van der Waals surface area contributed by atoms with Crippen LogP contribution < -0.4 is 0 Å². The Hall–Kier alpha value is -2.34. The molecule has 0 aliphatic carbocycles. The summed E-state index contributed by atoms with van der Waals surface area (Å²) in [5, 5.41) is 27.1. The van der Waals surface area contributed by atoms with Crippen LogP contribution in [0.25, 0.3) is 0 Å². The van der Waals surface area contributed by atoms with E-state index in [9.17, 15) is 14.7 Å². The summed E-state index contributed by atoms with van der Waals surface area (Å²) in [5.41, 5.74) is 0.167. The molecule has 0 heterocycles. The highest BCUT2D eigenvalue weighted by Gasteiger charge is 2.15. The molecule has 0 saturated carbocycles. The maximum Gasteiger partial charge on any atom is 0.335 e. The van der Waals surface area contributed by atoms with Crippen molar-refractivity contribution < 1.29 is 29.6 Å². The zero-order valence-corrected chi connectivity index (χ0v) is 10.3. The van der Waals surface area contributed by atoms with Gasteiger partial charge >= 0.3 is 11.9 Å². The van der Waals surface area contributed by atoms with Gasteiger partial charge in [-0.3, -0.25) is 0 Å². The van der Waals surface area contributed by atoms with Crippen molar-refractivity contribution in [2.45, 2.75) is 19.6 Å². The summed E-state index contributed by atoms with van der Waals surface area (Å²) >= 11 is 0. The van der Waals surface area contributed by atoms with Crippen molar-refractivity contribution >= 4 is 11.9 Å². The van der Waals surface area contributed by atoms with E-state index < -0.39 is 18.0 Å². The number of aromatic hydroxyl groups is 1. The number of carboxylic acid groups (broad SMARTS) is 2. The molecule has 1 unspecified atom stereocenters. The van der Waals surface area contributed by atoms with E-state index in [1.54, 1.807) is 0 Å². The van der Waals surface area contributed by atoms with Crippen LogP contribution in [0.15, 0.2) is 30.4 Å². The first-order valence-corrected chi connectivity index (χ1v) is 5.41. The molecular weight excluding hydrogens is 252 g/mol. The smallest absolute Gasteiger partial charge is 0.335 e. The van der Waals surface area contributed by atoms with E-state index >= 15 is 0 Å². The quantitative estimate of drug-likeness (QED) is 0.676. The predicted molar refractivity (Wildman–Crippen MR) is 66.1 cm³/mol. The Morgan fingerprint density at radius 2 is 2.00 bits per heavy atom. The van der Waals surface area contributed by atoms with Crippen molar-refractivity contribution in [2.24, 2.45) is 0 Å². The monoisotopic (exact) mass is 266 g/mol. The second-order valence-electron chi connectivity index (χ2n) is 3.93. The van der Waals surface area contributed by atoms with Gasteiger partial charge in [-0.1, -0.05) is 6.58 Å². The maximum atomic E-state index is 10.8. The van der Waals surface area contributed by atoms with Gasteiger partial charge in [-0.2, -0.15) is 0 Å². The summed E-state index contributed by atoms with van der Waals surface area (Å²) in [4.78, 5) is 21.4. The minimum absolute atomic E-state index is 0.0149. The van der Waals surface area contributed by atoms with Gasteiger partial charge in [0.05, 0.1) is 23.8 Å². The van der Waals surface area contributed by atoms with E-state index in [1.165, 1.54) is 25.1 Å². The van der Waals surface area contributed by atoms with Gasteiger partial charge in [0.1, 0.15) is 5.75 Å². The van der Waals surface area contributed by atoms with Gasteiger partial charge in [0.25, 0.3) is 0 Å². The standard InChI is InChI=1S/C13H14O6/c1-7(12(15)16)8(2)19-6-10-5-9(13(17)18)3-4-11(10)14/h3-5,8,14H,1,6H2,2H3,(H,15,16)(H,17,18). The van der Waals surface area contributed by atoms with Gasteiger partial charge in [-0.05, 0) is 25.1 Å². The molecule has 0 saturated heterocycles. The van der Waals surface area contributed by atoms with Gasteiger partial charge in [0.2, 0.25) is 0 Å². The molecule has 1 atom stereocenters. The molecule has 6 nitrogen and oxygen atoms in total. The third-order valence-corrected chi connectivity index (χ3v) is 2.58. The van der Waals surface area contributed by atoms with Crippen molar-refractivity contribution in [2.75, 3.05) is 0 Å². The highest BCUT2D eigenvalue weighted by Crippen LogP contribution is 2.20. The predicted octanol–water partition coefficient (Wildman–Crippen LogP) is 1.64. The lowest BCUT2D eigenvalue weighted by molar-refractivity contribution is -0.134. The average Bonchev–Trinajstić information content (AvgIpc) is 2.35. The molecule has 0 aliphatic rings. The summed E-state index contributed by atoms with van der Waals surface area (Å²) in [6.07, 6.45) is -0.745. The molecule has 0 amide bonds. The third kappa shape index (κ3) is 3.82. The number of ether oxygens (including phenoxy) is 1. The van der Waals surface area contributed by atoms with Crippen molar-refractivity contribution in [3.05, 3.63) is 41.5 Å². The van der Waals surface area contributed by atoms with Crippen LogP contribution in [0.2, 0.25) is 0 Å². The van der Waals surface area contributed by atoms with Crippen LogP contribution >= 0.6 is 0 Å². The van der Waals surface area contributed by atoms with Gasteiger partial charge in [-0.15, -0.1) is 0 Å². The molecule has 0 bridgehead atoms. The number of phenols is 1. The number of carboxylic acids is 2. The minimum Gasteiger partial charge on any atom is -0.508 e. The summed E-state index contributed by atoms with van der Waals surface area (Å²) in [7, 11) is 0. The second-order valence-corrected chi connectivity index (χ2v) is 3.93. The fourth-order valence-electron chi connectivity index (χ4n) is 1.32. The van der Waals surface area contributed by atoms with Crippen LogP contribution in [0, 0.1) is 0 Å². The first-order valence-electron chi connectivity index (χ1n) is 5.41. The Balaban J connectivity index is 2.77. The first-order chi connectivity index (χ1) is 8.82. The number of rotatable bonds is 6. The van der Waals surface area contributed by atoms with Gasteiger partial charge in [0, 0.05) is 5.56 Å². The first kappa shape index (κ1) is 14.7. The summed E-state index contributed by atoms with van der Waals surface area (Å²) in [6, 6.07) is 3.79. The van der Waals surface area contributed by atoms with E-state index in [2.05, 4.69) is 6.58 Å². The number of hydrogen-bond acceptors (Lipinski definition) is 4. The van der Waals surface area contributed by atoms with Crippen molar-refractivity contribution in [3.8, 4) is 5.75 Å². The fraction of sp³-hybridized carbons (Fsp3) is 0.231. The molecule has 6 heteroatoms. The number of carbonyl (C=O) groups is 2. The zero-order chi connectivity index (χ0) is 14.6. The Morgan fingerprint density at radius 1 is 1.37 bits per heavy atom. The largest absolute Gasteiger partial charge is 0.508 e. The molecule has 0 radical (unpaired) electrons. The average molecular weight is 266 g/mol. The highest BCUT2D eigenvalue weighted by molar-refractivity contribution is 5.88. The van der Waals surface area contributed by atoms with Gasteiger partial charge in [-0.25, -0.2) is 9.59 Å². The van der Waals surface area contributed by atoms with Crippen LogP contribution in [-0.2, 0) is 16.1 Å². The van der Waals surface area contributed by atoms with E-state index in [4.69, 9.17) is 14.9 Å². The van der Waals surface area contributed by atoms with Crippen molar-refractivity contribution in [3.63, 3.8) is 0 Å². The number of aromatic carboxylic acids is 1. The fourth-order valence-corrected chi connectivity index (χ4v) is 1.32. The van der Waals surface area contributed by atoms with E-state index in [-0.39, 0.29) is 29.1 Å². The number of benzene rings is 1. The summed E-state index contributed by atoms with van der Waals surface area (Å²) in [6.45, 7) is 4.75. The molecular formula is C13H14O6. The highest BCUT2D eigenvalue weighted by atomic mass is 16.5. The van der Waals surface area contributed by atoms with Crippen LogP contribution in [0.1, 0.15) is 22.8 Å². The Bertz CT molecular complexity index is 520. The van der Waals surface area contributed by atoms with E-state index in [1.807, 2.05) is 0 Å². The second kappa shape index (κ2) is 6.01.